The van der Waals surface area contributed by atoms with Crippen LogP contribution in [0.3, 0.4) is 0 Å². The standard InChI is InChI=1S/C17H20N4S/c1-12-11-13-16(21-9-7-20(2)8-10-21)18-14-5-3-4-6-15(14)19-17(13)22-12/h3-6,11,19H,7-10H2,1-2H3/i1D3,2D3,11D. The predicted octanol–water partition coefficient (Wildman–Crippen LogP) is 3.44. The third-order valence-electron chi connectivity index (χ3n) is 3.85. The Hall–Kier alpha value is -1.85. The Bertz CT molecular complexity index is 956. The maximum atomic E-state index is 8.55. The number of hydrogen-bond acceptors (Lipinski definition) is 5. The van der Waals surface area contributed by atoms with Crippen molar-refractivity contribution in [3.05, 3.63) is 40.7 Å². The fourth-order valence-corrected chi connectivity index (χ4v) is 3.47. The number of fused-ring (bicyclic) bond motifs is 2. The molecule has 5 heteroatoms. The van der Waals surface area contributed by atoms with Crippen molar-refractivity contribution in [3.63, 3.8) is 0 Å². The molecule has 2 aliphatic rings. The molecule has 2 aromatic rings. The fraction of sp³-hybridized carbons (Fsp3) is 0.353. The van der Waals surface area contributed by atoms with Crippen LogP contribution in [0.25, 0.3) is 0 Å². The van der Waals surface area contributed by atoms with E-state index in [4.69, 9.17) is 14.6 Å². The van der Waals surface area contributed by atoms with E-state index in [-0.39, 0.29) is 10.9 Å². The lowest BCUT2D eigenvalue weighted by Crippen LogP contribution is -2.47. The number of para-hydroxylation sites is 2. The van der Waals surface area contributed by atoms with Crippen LogP contribution < -0.4 is 5.32 Å². The van der Waals surface area contributed by atoms with E-state index in [1.165, 1.54) is 4.90 Å². The Balaban J connectivity index is 1.78. The second-order valence-electron chi connectivity index (χ2n) is 5.31. The molecule has 2 aliphatic heterocycles. The first kappa shape index (κ1) is 8.13. The van der Waals surface area contributed by atoms with Gasteiger partial charge in [-0.1, -0.05) is 12.1 Å². The summed E-state index contributed by atoms with van der Waals surface area (Å²) in [7, 11) is 0. The Labute approximate surface area is 144 Å². The Morgan fingerprint density at radius 1 is 1.27 bits per heavy atom. The van der Waals surface area contributed by atoms with Gasteiger partial charge in [-0.05, 0) is 32.0 Å². The quantitative estimate of drug-likeness (QED) is 0.807. The smallest absolute Gasteiger partial charge is 0.139 e. The molecule has 4 nitrogen and oxygen atoms in total. The second kappa shape index (κ2) is 5.41. The average Bonchev–Trinajstić information content (AvgIpc) is 2.87. The van der Waals surface area contributed by atoms with Gasteiger partial charge in [-0.25, -0.2) is 4.99 Å². The number of benzene rings is 1. The molecule has 3 heterocycles. The van der Waals surface area contributed by atoms with E-state index >= 15 is 0 Å². The van der Waals surface area contributed by atoms with Crippen molar-refractivity contribution < 1.29 is 9.60 Å². The number of likely N-dealkylation sites (N-methyl/N-ethyl adjacent to an activating group) is 1. The molecule has 0 spiro atoms. The zero-order valence-electron chi connectivity index (χ0n) is 18.9. The molecule has 0 radical (unpaired) electrons. The molecule has 0 bridgehead atoms. The van der Waals surface area contributed by atoms with Gasteiger partial charge >= 0.3 is 0 Å². The molecule has 0 atom stereocenters. The van der Waals surface area contributed by atoms with Crippen molar-refractivity contribution >= 4 is 33.5 Å². The van der Waals surface area contributed by atoms with Gasteiger partial charge in [0.25, 0.3) is 0 Å². The van der Waals surface area contributed by atoms with Gasteiger partial charge in [-0.2, -0.15) is 0 Å². The van der Waals surface area contributed by atoms with Crippen LogP contribution in [0.15, 0.2) is 35.3 Å². The van der Waals surface area contributed by atoms with Crippen LogP contribution in [0.1, 0.15) is 20.0 Å². The van der Waals surface area contributed by atoms with Crippen molar-refractivity contribution in [2.45, 2.75) is 6.85 Å². The number of thiophene rings is 1. The zero-order chi connectivity index (χ0) is 21.0. The third-order valence-corrected chi connectivity index (χ3v) is 4.67. The summed E-state index contributed by atoms with van der Waals surface area (Å²) in [6, 6.07) is 7.38. The highest BCUT2D eigenvalue weighted by Gasteiger charge is 2.25. The van der Waals surface area contributed by atoms with Gasteiger partial charge in [-0.3, -0.25) is 0 Å². The van der Waals surface area contributed by atoms with Gasteiger partial charge < -0.3 is 15.1 Å². The van der Waals surface area contributed by atoms with E-state index in [1.807, 2.05) is 29.2 Å². The number of hydrogen-bond donors (Lipinski definition) is 1. The van der Waals surface area contributed by atoms with Gasteiger partial charge in [0.15, 0.2) is 0 Å². The Morgan fingerprint density at radius 2 is 2.14 bits per heavy atom. The third kappa shape index (κ3) is 2.40. The average molecular weight is 319 g/mol. The molecule has 114 valence electrons. The largest absolute Gasteiger partial charge is 0.353 e. The number of aryl methyl sites for hydroxylation is 1. The summed E-state index contributed by atoms with van der Waals surface area (Å²) in [5, 5.41) is 3.82. The van der Waals surface area contributed by atoms with Gasteiger partial charge in [0.1, 0.15) is 10.8 Å². The summed E-state index contributed by atoms with van der Waals surface area (Å²) in [6.07, 6.45) is 0. The van der Waals surface area contributed by atoms with Crippen LogP contribution in [-0.2, 0) is 0 Å². The van der Waals surface area contributed by atoms with Gasteiger partial charge in [0.2, 0.25) is 0 Å². The summed E-state index contributed by atoms with van der Waals surface area (Å²) in [6.45, 7) is -3.00. The first-order valence-corrected chi connectivity index (χ1v) is 7.96. The van der Waals surface area contributed by atoms with E-state index in [1.54, 1.807) is 0 Å². The molecule has 1 saturated heterocycles. The van der Waals surface area contributed by atoms with Crippen LogP contribution in [0.2, 0.25) is 0 Å². The SMILES string of the molecule is [2H]c1c(C([2H])([2H])[2H])sc2c1C(N1CCN(C([2H])([2H])[2H])CC1)=Nc1ccccc1N2. The van der Waals surface area contributed by atoms with Crippen LogP contribution in [0.5, 0.6) is 0 Å². The maximum Gasteiger partial charge on any atom is 0.139 e. The molecule has 0 saturated carbocycles. The zero-order valence-corrected chi connectivity index (χ0v) is 12.7. The summed E-state index contributed by atoms with van der Waals surface area (Å²) in [4.78, 5) is 8.17. The number of amidine groups is 1. The minimum atomic E-state index is -2.39. The number of rotatable bonds is 0. The van der Waals surface area contributed by atoms with E-state index in [2.05, 4.69) is 5.32 Å². The highest BCUT2D eigenvalue weighted by Crippen LogP contribution is 2.39. The molecule has 1 fully saturated rings. The van der Waals surface area contributed by atoms with Crippen molar-refractivity contribution in [1.29, 1.82) is 0 Å². The van der Waals surface area contributed by atoms with E-state index in [0.29, 0.717) is 48.3 Å². The minimum absolute atomic E-state index is 0.0169. The highest BCUT2D eigenvalue weighted by atomic mass is 32.1. The molecule has 1 aromatic heterocycles. The summed E-state index contributed by atoms with van der Waals surface area (Å²) < 4.78 is 54.7. The topological polar surface area (TPSA) is 30.9 Å². The minimum Gasteiger partial charge on any atom is -0.353 e. The first-order chi connectivity index (χ1) is 13.6. The predicted molar refractivity (Wildman–Crippen MR) is 94.0 cm³/mol. The highest BCUT2D eigenvalue weighted by molar-refractivity contribution is 7.16. The van der Waals surface area contributed by atoms with E-state index in [9.17, 15) is 0 Å². The monoisotopic (exact) mass is 319 g/mol. The Kier molecular flexibility index (Phi) is 2.00. The van der Waals surface area contributed by atoms with Crippen molar-refractivity contribution in [2.75, 3.05) is 38.5 Å². The number of aliphatic imine (C=N–C) groups is 1. The lowest BCUT2D eigenvalue weighted by Gasteiger charge is -2.34. The van der Waals surface area contributed by atoms with Gasteiger partial charge in [-0.15, -0.1) is 11.3 Å². The van der Waals surface area contributed by atoms with Gasteiger partial charge in [0, 0.05) is 39.3 Å². The van der Waals surface area contributed by atoms with Crippen LogP contribution in [-0.4, -0.2) is 48.8 Å². The molecule has 0 unspecified atom stereocenters. The van der Waals surface area contributed by atoms with E-state index < -0.39 is 13.8 Å². The normalized spacial score (nSPS) is 23.9. The molecule has 4 rings (SSSR count). The number of piperazine rings is 1. The van der Waals surface area contributed by atoms with Crippen LogP contribution >= 0.6 is 11.3 Å². The summed E-state index contributed by atoms with van der Waals surface area (Å²) in [5.74, 6) is 0.513. The van der Waals surface area contributed by atoms with Crippen LogP contribution in [0, 0.1) is 6.85 Å². The first-order valence-electron chi connectivity index (χ1n) is 10.6. The summed E-state index contributed by atoms with van der Waals surface area (Å²) >= 11 is 1.05. The number of anilines is 2. The van der Waals surface area contributed by atoms with Crippen LogP contribution in [0.4, 0.5) is 16.4 Å². The van der Waals surface area contributed by atoms with Crippen molar-refractivity contribution in [1.82, 2.24) is 9.80 Å². The number of nitrogens with zero attached hydrogens (tertiary/aromatic N) is 3. The lowest BCUT2D eigenvalue weighted by atomic mass is 10.2. The van der Waals surface area contributed by atoms with Crippen molar-refractivity contribution in [2.24, 2.45) is 4.99 Å². The van der Waals surface area contributed by atoms with Crippen molar-refractivity contribution in [3.8, 4) is 0 Å². The van der Waals surface area contributed by atoms with E-state index in [0.717, 1.165) is 17.0 Å². The van der Waals surface area contributed by atoms with Gasteiger partial charge in [0.05, 0.1) is 18.3 Å². The second-order valence-corrected chi connectivity index (χ2v) is 6.33. The molecule has 1 N–H and O–H groups in total. The Morgan fingerprint density at radius 3 is 2.95 bits per heavy atom. The lowest BCUT2D eigenvalue weighted by molar-refractivity contribution is 0.216. The molecular formula is C17H20N4S. The molecule has 0 amide bonds. The molecule has 1 aromatic carbocycles. The molecule has 22 heavy (non-hydrogen) atoms. The number of nitrogens with one attached hydrogen (secondary N) is 1. The fourth-order valence-electron chi connectivity index (χ4n) is 2.71. The molecule has 0 aliphatic carbocycles. The summed E-state index contributed by atoms with van der Waals surface area (Å²) in [5.41, 5.74) is 1.89. The molecular weight excluding hydrogens is 292 g/mol. The maximum absolute atomic E-state index is 8.55.